The SMILES string of the molecule is CCc1cc(Cl)cc(CC)c1N(C)C(=O)N=C(N)N. The summed E-state index contributed by atoms with van der Waals surface area (Å²) in [6, 6.07) is 3.22. The first-order valence-electron chi connectivity index (χ1n) is 6.09. The van der Waals surface area contributed by atoms with Crippen molar-refractivity contribution in [2.45, 2.75) is 26.7 Å². The highest BCUT2D eigenvalue weighted by Crippen LogP contribution is 2.30. The number of halogens is 1. The molecule has 104 valence electrons. The predicted octanol–water partition coefficient (Wildman–Crippen LogP) is 2.29. The maximum Gasteiger partial charge on any atom is 0.350 e. The number of anilines is 1. The molecule has 0 radical (unpaired) electrons. The highest BCUT2D eigenvalue weighted by Gasteiger charge is 2.17. The summed E-state index contributed by atoms with van der Waals surface area (Å²) in [5.41, 5.74) is 13.3. The van der Waals surface area contributed by atoms with Gasteiger partial charge in [-0.15, -0.1) is 0 Å². The standard InChI is InChI=1S/C13H19ClN4O/c1-4-8-6-10(14)7-9(5-2)11(8)18(3)13(19)17-12(15)16/h6-7H,4-5H2,1-3H3,(H4,15,16,17,19). The minimum Gasteiger partial charge on any atom is -0.370 e. The van der Waals surface area contributed by atoms with Crippen LogP contribution in [0.15, 0.2) is 17.1 Å². The van der Waals surface area contributed by atoms with Gasteiger partial charge in [-0.2, -0.15) is 4.99 Å². The van der Waals surface area contributed by atoms with Crippen LogP contribution in [-0.2, 0) is 12.8 Å². The first kappa shape index (κ1) is 15.3. The Bertz CT molecular complexity index is 484. The highest BCUT2D eigenvalue weighted by molar-refractivity contribution is 6.30. The quantitative estimate of drug-likeness (QED) is 0.659. The van der Waals surface area contributed by atoms with E-state index in [2.05, 4.69) is 4.99 Å². The van der Waals surface area contributed by atoms with Crippen LogP contribution >= 0.6 is 11.6 Å². The van der Waals surface area contributed by atoms with Gasteiger partial charge in [-0.3, -0.25) is 4.90 Å². The van der Waals surface area contributed by atoms with E-state index in [4.69, 9.17) is 23.1 Å². The molecule has 5 nitrogen and oxygen atoms in total. The van der Waals surface area contributed by atoms with E-state index < -0.39 is 6.03 Å². The summed E-state index contributed by atoms with van der Waals surface area (Å²) in [4.78, 5) is 16.9. The van der Waals surface area contributed by atoms with Gasteiger partial charge in [0.25, 0.3) is 0 Å². The summed E-state index contributed by atoms with van der Waals surface area (Å²) in [5.74, 6) is -0.248. The number of amides is 2. The van der Waals surface area contributed by atoms with Gasteiger partial charge in [-0.1, -0.05) is 25.4 Å². The molecule has 2 amide bonds. The lowest BCUT2D eigenvalue weighted by atomic mass is 10.0. The Morgan fingerprint density at radius 1 is 1.26 bits per heavy atom. The Labute approximate surface area is 118 Å². The van der Waals surface area contributed by atoms with Gasteiger partial charge in [-0.05, 0) is 36.1 Å². The van der Waals surface area contributed by atoms with Crippen molar-refractivity contribution in [3.8, 4) is 0 Å². The third-order valence-electron chi connectivity index (χ3n) is 2.84. The van der Waals surface area contributed by atoms with Gasteiger partial charge >= 0.3 is 6.03 Å². The number of aliphatic imine (C=N–C) groups is 1. The zero-order chi connectivity index (χ0) is 14.6. The van der Waals surface area contributed by atoms with Gasteiger partial charge in [0.2, 0.25) is 0 Å². The minimum atomic E-state index is -0.494. The molecule has 0 saturated carbocycles. The maximum absolute atomic E-state index is 11.9. The summed E-state index contributed by atoms with van der Waals surface area (Å²) in [5, 5.41) is 0.667. The lowest BCUT2D eigenvalue weighted by molar-refractivity contribution is 0.255. The van der Waals surface area contributed by atoms with Crippen molar-refractivity contribution in [2.24, 2.45) is 16.5 Å². The molecule has 0 unspecified atom stereocenters. The van der Waals surface area contributed by atoms with Crippen molar-refractivity contribution < 1.29 is 4.79 Å². The molecular weight excluding hydrogens is 264 g/mol. The summed E-state index contributed by atoms with van der Waals surface area (Å²) in [7, 11) is 1.65. The molecular formula is C13H19ClN4O. The summed E-state index contributed by atoms with van der Waals surface area (Å²) in [6.45, 7) is 4.01. The predicted molar refractivity (Wildman–Crippen MR) is 79.8 cm³/mol. The minimum absolute atomic E-state index is 0.248. The summed E-state index contributed by atoms with van der Waals surface area (Å²) in [6.07, 6.45) is 1.53. The number of benzene rings is 1. The maximum atomic E-state index is 11.9. The molecule has 1 rings (SSSR count). The number of nitrogens with two attached hydrogens (primary N) is 2. The number of nitrogens with zero attached hydrogens (tertiary/aromatic N) is 2. The van der Waals surface area contributed by atoms with Crippen LogP contribution in [0.2, 0.25) is 5.02 Å². The first-order valence-corrected chi connectivity index (χ1v) is 6.47. The van der Waals surface area contributed by atoms with Gasteiger partial charge in [0.1, 0.15) is 0 Å². The molecule has 0 fully saturated rings. The average Bonchev–Trinajstić information content (AvgIpc) is 2.35. The summed E-state index contributed by atoms with van der Waals surface area (Å²) >= 11 is 6.08. The third kappa shape index (κ3) is 3.61. The third-order valence-corrected chi connectivity index (χ3v) is 3.06. The normalized spacial score (nSPS) is 10.1. The van der Waals surface area contributed by atoms with Crippen LogP contribution in [0.4, 0.5) is 10.5 Å². The van der Waals surface area contributed by atoms with Crippen LogP contribution in [-0.4, -0.2) is 19.0 Å². The Kier molecular flexibility index (Phi) is 5.18. The van der Waals surface area contributed by atoms with E-state index in [0.717, 1.165) is 29.7 Å². The zero-order valence-electron chi connectivity index (χ0n) is 11.4. The van der Waals surface area contributed by atoms with E-state index in [-0.39, 0.29) is 5.96 Å². The van der Waals surface area contributed by atoms with Gasteiger partial charge in [0.05, 0.1) is 5.69 Å². The van der Waals surface area contributed by atoms with Crippen LogP contribution < -0.4 is 16.4 Å². The second-order valence-corrected chi connectivity index (χ2v) is 4.59. The van der Waals surface area contributed by atoms with Crippen LogP contribution in [0.25, 0.3) is 0 Å². The largest absolute Gasteiger partial charge is 0.370 e. The monoisotopic (exact) mass is 282 g/mol. The molecule has 4 N–H and O–H groups in total. The molecule has 0 aliphatic carbocycles. The van der Waals surface area contributed by atoms with Crippen LogP contribution in [0, 0.1) is 0 Å². The molecule has 1 aromatic carbocycles. The lowest BCUT2D eigenvalue weighted by Crippen LogP contribution is -2.31. The molecule has 19 heavy (non-hydrogen) atoms. The highest BCUT2D eigenvalue weighted by atomic mass is 35.5. The molecule has 6 heteroatoms. The lowest BCUT2D eigenvalue weighted by Gasteiger charge is -2.22. The second-order valence-electron chi connectivity index (χ2n) is 4.16. The van der Waals surface area contributed by atoms with Crippen LogP contribution in [0.3, 0.4) is 0 Å². The second kappa shape index (κ2) is 6.43. The number of hydrogen-bond acceptors (Lipinski definition) is 1. The molecule has 0 aliphatic rings. The Balaban J connectivity index is 3.32. The number of hydrogen-bond donors (Lipinski definition) is 2. The molecule has 0 bridgehead atoms. The van der Waals surface area contributed by atoms with E-state index in [1.54, 1.807) is 7.05 Å². The van der Waals surface area contributed by atoms with E-state index in [9.17, 15) is 4.79 Å². The molecule has 0 spiro atoms. The number of urea groups is 1. The fraction of sp³-hybridized carbons (Fsp3) is 0.385. The number of guanidine groups is 1. The zero-order valence-corrected chi connectivity index (χ0v) is 12.2. The number of carbonyl (C=O) groups is 1. The first-order chi connectivity index (χ1) is 8.90. The van der Waals surface area contributed by atoms with E-state index in [1.807, 2.05) is 26.0 Å². The fourth-order valence-corrected chi connectivity index (χ4v) is 2.23. The van der Waals surface area contributed by atoms with Crippen LogP contribution in [0.5, 0.6) is 0 Å². The van der Waals surface area contributed by atoms with Gasteiger partial charge in [0.15, 0.2) is 5.96 Å². The van der Waals surface area contributed by atoms with Crippen LogP contribution in [0.1, 0.15) is 25.0 Å². The van der Waals surface area contributed by atoms with Crippen molar-refractivity contribution >= 4 is 29.3 Å². The molecule has 1 aromatic rings. The van der Waals surface area contributed by atoms with E-state index in [1.165, 1.54) is 4.90 Å². The molecule has 0 saturated heterocycles. The van der Waals surface area contributed by atoms with Crippen molar-refractivity contribution in [3.63, 3.8) is 0 Å². The average molecular weight is 283 g/mol. The van der Waals surface area contributed by atoms with Crippen molar-refractivity contribution in [3.05, 3.63) is 28.3 Å². The Hall–Kier alpha value is -1.75. The van der Waals surface area contributed by atoms with E-state index in [0.29, 0.717) is 5.02 Å². The Morgan fingerprint density at radius 2 is 1.74 bits per heavy atom. The van der Waals surface area contributed by atoms with Gasteiger partial charge in [0, 0.05) is 12.1 Å². The van der Waals surface area contributed by atoms with Crippen molar-refractivity contribution in [1.29, 1.82) is 0 Å². The topological polar surface area (TPSA) is 84.7 Å². The molecule has 0 atom stereocenters. The van der Waals surface area contributed by atoms with E-state index >= 15 is 0 Å². The smallest absolute Gasteiger partial charge is 0.350 e. The Morgan fingerprint density at radius 3 is 2.11 bits per heavy atom. The fourth-order valence-electron chi connectivity index (χ4n) is 1.97. The van der Waals surface area contributed by atoms with Crippen molar-refractivity contribution in [2.75, 3.05) is 11.9 Å². The van der Waals surface area contributed by atoms with Gasteiger partial charge in [-0.25, -0.2) is 4.79 Å². The van der Waals surface area contributed by atoms with Gasteiger partial charge < -0.3 is 11.5 Å². The van der Waals surface area contributed by atoms with Crippen molar-refractivity contribution in [1.82, 2.24) is 0 Å². The summed E-state index contributed by atoms with van der Waals surface area (Å²) < 4.78 is 0. The number of carbonyl (C=O) groups excluding carboxylic acids is 1. The molecule has 0 heterocycles. The molecule has 0 aliphatic heterocycles. The number of rotatable bonds is 3. The molecule has 0 aromatic heterocycles. The number of aryl methyl sites for hydroxylation is 2.